The number of H-pyrrole nitrogens is 1. The number of fused-ring (bicyclic) bond motifs is 1. The Morgan fingerprint density at radius 3 is 2.58 bits per heavy atom. The zero-order chi connectivity index (χ0) is 25.8. The van der Waals surface area contributed by atoms with Crippen molar-refractivity contribution in [3.05, 3.63) is 59.3 Å². The van der Waals surface area contributed by atoms with E-state index in [1.807, 2.05) is 63.4 Å². The summed E-state index contributed by atoms with van der Waals surface area (Å²) in [6, 6.07) is 7.62. The number of benzene rings is 1. The number of allylic oxidation sites excluding steroid dienone is 1. The number of Topliss-reactive ketones (excluding diaryl/α,β-unsaturated/α-hetero) is 1. The van der Waals surface area contributed by atoms with Crippen LogP contribution in [0, 0.1) is 23.2 Å². The second-order valence-electron chi connectivity index (χ2n) is 11.1. The number of carbonyl (C=O) groups is 2. The van der Waals surface area contributed by atoms with Crippen LogP contribution in [0.1, 0.15) is 45.6 Å². The minimum Gasteiger partial charge on any atom is -0.390 e. The number of aliphatic hydroxyl groups excluding tert-OH is 3. The van der Waals surface area contributed by atoms with Gasteiger partial charge in [0, 0.05) is 41.4 Å². The van der Waals surface area contributed by atoms with Crippen LogP contribution >= 0.6 is 0 Å². The summed E-state index contributed by atoms with van der Waals surface area (Å²) in [5.41, 5.74) is 2.12. The van der Waals surface area contributed by atoms with Gasteiger partial charge in [-0.05, 0) is 56.2 Å². The standard InChI is InChI=1S/C29H36N2O5/c1-15-7-6-9-20-27(35)17(3)16(2)26-22(12-18-14-30-21-10-5-4-8-19(18)21)31-28(36)29(20,26)25(34)13-24(33)23(32)11-15/h4-6,8-10,14-15,20,22-24,26-27,30,32-33,35H,7,11-13H2,1-3H3,(H,31,36)/b9-6+/t15-,20-,22?,23+,24+,26-,27+,29+/m0/s1. The maximum atomic E-state index is 14.1. The van der Waals surface area contributed by atoms with Crippen molar-refractivity contribution in [2.75, 3.05) is 0 Å². The maximum absolute atomic E-state index is 14.1. The molecule has 8 atom stereocenters. The number of aromatic nitrogens is 1. The molecular weight excluding hydrogens is 456 g/mol. The molecule has 0 saturated carbocycles. The second kappa shape index (κ2) is 9.29. The average molecular weight is 493 g/mol. The number of rotatable bonds is 2. The van der Waals surface area contributed by atoms with Gasteiger partial charge in [-0.25, -0.2) is 0 Å². The summed E-state index contributed by atoms with van der Waals surface area (Å²) < 4.78 is 0. The van der Waals surface area contributed by atoms with E-state index in [1.54, 1.807) is 0 Å². The van der Waals surface area contributed by atoms with E-state index in [4.69, 9.17) is 0 Å². The summed E-state index contributed by atoms with van der Waals surface area (Å²) in [5, 5.41) is 36.9. The summed E-state index contributed by atoms with van der Waals surface area (Å²) in [6.45, 7) is 5.75. The van der Waals surface area contributed by atoms with Gasteiger partial charge in [0.05, 0.1) is 18.3 Å². The Balaban J connectivity index is 1.63. The Hall–Kier alpha value is -2.74. The van der Waals surface area contributed by atoms with Crippen LogP contribution in [0.3, 0.4) is 0 Å². The zero-order valence-corrected chi connectivity index (χ0v) is 21.1. The van der Waals surface area contributed by atoms with E-state index in [0.717, 1.165) is 27.6 Å². The molecule has 1 spiro atoms. The number of hydrogen-bond acceptors (Lipinski definition) is 5. The molecule has 1 saturated heterocycles. The van der Waals surface area contributed by atoms with Gasteiger partial charge >= 0.3 is 0 Å². The number of hydrogen-bond donors (Lipinski definition) is 5. The topological polar surface area (TPSA) is 123 Å². The zero-order valence-electron chi connectivity index (χ0n) is 21.1. The van der Waals surface area contributed by atoms with Gasteiger partial charge in [0.15, 0.2) is 5.78 Å². The highest BCUT2D eigenvalue weighted by atomic mass is 16.3. The Kier molecular flexibility index (Phi) is 6.43. The molecule has 1 aliphatic heterocycles. The summed E-state index contributed by atoms with van der Waals surface area (Å²) in [4.78, 5) is 31.3. The van der Waals surface area contributed by atoms with E-state index in [1.165, 1.54) is 0 Å². The van der Waals surface area contributed by atoms with Gasteiger partial charge in [0.1, 0.15) is 5.41 Å². The van der Waals surface area contributed by atoms with E-state index in [0.29, 0.717) is 19.3 Å². The lowest BCUT2D eigenvalue weighted by atomic mass is 9.54. The molecule has 5 N–H and O–H groups in total. The third kappa shape index (κ3) is 3.76. The van der Waals surface area contributed by atoms with Crippen molar-refractivity contribution in [1.82, 2.24) is 10.3 Å². The van der Waals surface area contributed by atoms with Crippen LogP contribution in [-0.2, 0) is 16.0 Å². The molecule has 1 aromatic carbocycles. The highest BCUT2D eigenvalue weighted by Crippen LogP contribution is 2.55. The number of aliphatic hydroxyl groups is 3. The predicted molar refractivity (Wildman–Crippen MR) is 137 cm³/mol. The average Bonchev–Trinajstić information content (AvgIpc) is 3.38. The van der Waals surface area contributed by atoms with Gasteiger partial charge < -0.3 is 25.6 Å². The third-order valence-corrected chi connectivity index (χ3v) is 8.92. The number of para-hydroxylation sites is 1. The minimum atomic E-state index is -1.55. The molecular formula is C29H36N2O5. The van der Waals surface area contributed by atoms with Crippen LogP contribution in [0.2, 0.25) is 0 Å². The van der Waals surface area contributed by atoms with Crippen molar-refractivity contribution in [2.24, 2.45) is 23.2 Å². The molecule has 1 fully saturated rings. The van der Waals surface area contributed by atoms with Crippen LogP contribution in [0.25, 0.3) is 10.9 Å². The summed E-state index contributed by atoms with van der Waals surface area (Å²) in [7, 11) is 0. The van der Waals surface area contributed by atoms with E-state index < -0.39 is 47.3 Å². The molecule has 0 radical (unpaired) electrons. The van der Waals surface area contributed by atoms with E-state index in [9.17, 15) is 24.9 Å². The van der Waals surface area contributed by atoms with E-state index in [2.05, 4.69) is 10.3 Å². The molecule has 36 heavy (non-hydrogen) atoms. The fourth-order valence-corrected chi connectivity index (χ4v) is 6.90. The highest BCUT2D eigenvalue weighted by Gasteiger charge is 2.66. The fraction of sp³-hybridized carbons (Fsp3) is 0.517. The molecule has 2 aromatic rings. The highest BCUT2D eigenvalue weighted by molar-refractivity contribution is 6.10. The van der Waals surface area contributed by atoms with Crippen molar-refractivity contribution in [3.63, 3.8) is 0 Å². The molecule has 1 unspecified atom stereocenters. The Labute approximate surface area is 211 Å². The predicted octanol–water partition coefficient (Wildman–Crippen LogP) is 2.81. The van der Waals surface area contributed by atoms with Gasteiger partial charge in [-0.2, -0.15) is 0 Å². The molecule has 7 nitrogen and oxygen atoms in total. The van der Waals surface area contributed by atoms with Gasteiger partial charge in [-0.1, -0.05) is 42.8 Å². The maximum Gasteiger partial charge on any atom is 0.235 e. The number of nitrogens with one attached hydrogen (secondary N) is 2. The molecule has 192 valence electrons. The third-order valence-electron chi connectivity index (χ3n) is 8.92. The number of ketones is 1. The van der Waals surface area contributed by atoms with Gasteiger partial charge in [-0.15, -0.1) is 0 Å². The molecule has 0 bridgehead atoms. The molecule has 3 aliphatic rings. The lowest BCUT2D eigenvalue weighted by molar-refractivity contribution is -0.150. The van der Waals surface area contributed by atoms with Crippen LogP contribution in [0.4, 0.5) is 0 Å². The SMILES string of the molecule is CC1=C(C)[C@H]2C(Cc3c[nH]c4ccccc34)NC(=O)[C@]23C(=O)C[C@@H](O)[C@H](O)C[C@@H](C)C/C=C/[C@H]3[C@@H]1O. The lowest BCUT2D eigenvalue weighted by Gasteiger charge is -2.46. The molecule has 1 aromatic heterocycles. The van der Waals surface area contributed by atoms with Crippen molar-refractivity contribution >= 4 is 22.6 Å². The smallest absolute Gasteiger partial charge is 0.235 e. The first-order valence-electron chi connectivity index (χ1n) is 12.9. The summed E-state index contributed by atoms with van der Waals surface area (Å²) >= 11 is 0. The van der Waals surface area contributed by atoms with Crippen molar-refractivity contribution in [1.29, 1.82) is 0 Å². The van der Waals surface area contributed by atoms with Crippen molar-refractivity contribution in [2.45, 2.75) is 70.8 Å². The monoisotopic (exact) mass is 492 g/mol. The fourth-order valence-electron chi connectivity index (χ4n) is 6.90. The lowest BCUT2D eigenvalue weighted by Crippen LogP contribution is -2.56. The van der Waals surface area contributed by atoms with E-state index in [-0.39, 0.29) is 18.4 Å². The van der Waals surface area contributed by atoms with Gasteiger partial charge in [0.2, 0.25) is 5.91 Å². The normalized spacial score (nSPS) is 38.3. The van der Waals surface area contributed by atoms with Crippen LogP contribution in [0.15, 0.2) is 53.8 Å². The first kappa shape index (κ1) is 24.9. The molecule has 2 aliphatic carbocycles. The molecule has 1 amide bonds. The minimum absolute atomic E-state index is 0.0805. The first-order valence-corrected chi connectivity index (χ1v) is 12.9. The van der Waals surface area contributed by atoms with Crippen molar-refractivity contribution < 1.29 is 24.9 Å². The molecule has 2 heterocycles. The first-order chi connectivity index (χ1) is 17.2. The Morgan fingerprint density at radius 2 is 1.81 bits per heavy atom. The largest absolute Gasteiger partial charge is 0.390 e. The van der Waals surface area contributed by atoms with Crippen LogP contribution < -0.4 is 5.32 Å². The molecule has 7 heteroatoms. The summed E-state index contributed by atoms with van der Waals surface area (Å²) in [6.07, 6.45) is 3.55. The number of carbonyl (C=O) groups excluding carboxylic acids is 2. The quantitative estimate of drug-likeness (QED) is 0.326. The second-order valence-corrected chi connectivity index (χ2v) is 11.1. The number of amides is 1. The molecule has 5 rings (SSSR count). The number of aromatic amines is 1. The Bertz CT molecular complexity index is 1250. The Morgan fingerprint density at radius 1 is 1.06 bits per heavy atom. The van der Waals surface area contributed by atoms with E-state index >= 15 is 0 Å². The van der Waals surface area contributed by atoms with Gasteiger partial charge in [-0.3, -0.25) is 9.59 Å². The summed E-state index contributed by atoms with van der Waals surface area (Å²) in [5.74, 6) is -1.98. The van der Waals surface area contributed by atoms with Crippen LogP contribution in [-0.4, -0.2) is 56.3 Å². The van der Waals surface area contributed by atoms with Crippen molar-refractivity contribution in [3.8, 4) is 0 Å². The van der Waals surface area contributed by atoms with Crippen LogP contribution in [0.5, 0.6) is 0 Å². The van der Waals surface area contributed by atoms with Gasteiger partial charge in [0.25, 0.3) is 0 Å².